The molecule has 6 rings (SSSR count). The minimum Gasteiger partial charge on any atom is -0.495 e. The molecule has 0 saturated carbocycles. The highest BCUT2D eigenvalue weighted by atomic mass is 35.5. The Labute approximate surface area is 266 Å². The Hall–Kier alpha value is -4.58. The van der Waals surface area contributed by atoms with Crippen molar-refractivity contribution >= 4 is 41.4 Å². The van der Waals surface area contributed by atoms with Crippen molar-refractivity contribution in [3.05, 3.63) is 64.3 Å². The lowest BCUT2D eigenvalue weighted by molar-refractivity contribution is -0.132. The average Bonchev–Trinajstić information content (AvgIpc) is 3.74. The van der Waals surface area contributed by atoms with Crippen molar-refractivity contribution in [1.82, 2.24) is 20.2 Å². The van der Waals surface area contributed by atoms with E-state index < -0.39 is 0 Å². The molecule has 0 spiro atoms. The van der Waals surface area contributed by atoms with Gasteiger partial charge in [0.1, 0.15) is 18.2 Å². The largest absolute Gasteiger partial charge is 0.495 e. The third-order valence-corrected chi connectivity index (χ3v) is 8.39. The number of hydrogen-bond acceptors (Lipinski definition) is 10. The molecule has 0 bridgehead atoms. The highest BCUT2D eigenvalue weighted by molar-refractivity contribution is 6.32. The van der Waals surface area contributed by atoms with Gasteiger partial charge in [0.15, 0.2) is 11.5 Å². The number of benzene rings is 2. The van der Waals surface area contributed by atoms with E-state index >= 15 is 0 Å². The number of aliphatic imine (C=N–C) groups is 1. The number of carbonyl (C=O) groups is 2. The van der Waals surface area contributed by atoms with Gasteiger partial charge in [0.25, 0.3) is 0 Å². The van der Waals surface area contributed by atoms with E-state index in [1.807, 2.05) is 65.4 Å². The van der Waals surface area contributed by atoms with E-state index in [1.54, 1.807) is 7.11 Å². The third kappa shape index (κ3) is 7.22. The molecule has 1 atom stereocenters. The van der Waals surface area contributed by atoms with Crippen molar-refractivity contribution < 1.29 is 23.8 Å². The number of halogens is 1. The predicted molar refractivity (Wildman–Crippen MR) is 171 cm³/mol. The number of nitrogens with zero attached hydrogens (tertiary/aromatic N) is 6. The van der Waals surface area contributed by atoms with E-state index in [1.165, 1.54) is 0 Å². The van der Waals surface area contributed by atoms with E-state index in [9.17, 15) is 9.59 Å². The van der Waals surface area contributed by atoms with Gasteiger partial charge in [-0.05, 0) is 48.7 Å². The zero-order valence-electron chi connectivity index (χ0n) is 25.4. The molecule has 3 aliphatic rings. The summed E-state index contributed by atoms with van der Waals surface area (Å²) in [5.74, 6) is 3.16. The number of carbonyl (C=O) groups excluding carboxylic acids is 2. The van der Waals surface area contributed by atoms with Gasteiger partial charge in [0.05, 0.1) is 31.1 Å². The summed E-state index contributed by atoms with van der Waals surface area (Å²) in [7, 11) is 1.58. The Kier molecular flexibility index (Phi) is 9.20. The second kappa shape index (κ2) is 13.6. The van der Waals surface area contributed by atoms with Crippen LogP contribution in [0.15, 0.2) is 47.5 Å². The maximum Gasteiger partial charge on any atom is 0.231 e. The first-order valence-electron chi connectivity index (χ1n) is 15.0. The number of aromatic nitrogens is 2. The van der Waals surface area contributed by atoms with Gasteiger partial charge in [-0.2, -0.15) is 4.98 Å². The molecule has 3 aliphatic heterocycles. The summed E-state index contributed by atoms with van der Waals surface area (Å²) in [5.41, 5.74) is 2.67. The summed E-state index contributed by atoms with van der Waals surface area (Å²) in [6.45, 7) is 5.15. The molecule has 2 amide bonds. The molecule has 45 heavy (non-hydrogen) atoms. The van der Waals surface area contributed by atoms with Gasteiger partial charge >= 0.3 is 0 Å². The SMILES string of the molecule is COc1ccc(CCNC(=O)CC2CN(C(=O)Cc3ccc4c(c3)OCO4)CCN2c2cc(C)nc(N3CC=NC3)n2)cc1Cl. The van der Waals surface area contributed by atoms with Crippen LogP contribution >= 0.6 is 11.6 Å². The number of nitrogens with one attached hydrogen (secondary N) is 1. The van der Waals surface area contributed by atoms with Crippen molar-refractivity contribution in [3.63, 3.8) is 0 Å². The summed E-state index contributed by atoms with van der Waals surface area (Å²) in [5, 5.41) is 3.58. The molecule has 2 aromatic carbocycles. The number of piperazine rings is 1. The molecule has 12 nitrogen and oxygen atoms in total. The van der Waals surface area contributed by atoms with Crippen LogP contribution in [0.25, 0.3) is 0 Å². The van der Waals surface area contributed by atoms with E-state index in [2.05, 4.69) is 20.2 Å². The molecule has 4 heterocycles. The minimum absolute atomic E-state index is 0.0101. The Morgan fingerprint density at radius 1 is 1.07 bits per heavy atom. The van der Waals surface area contributed by atoms with E-state index in [0.29, 0.717) is 74.0 Å². The summed E-state index contributed by atoms with van der Waals surface area (Å²) in [6, 6.07) is 12.8. The van der Waals surface area contributed by atoms with Crippen molar-refractivity contribution in [2.24, 2.45) is 4.99 Å². The van der Waals surface area contributed by atoms with Crippen LogP contribution < -0.4 is 29.3 Å². The Bertz CT molecular complexity index is 1590. The highest BCUT2D eigenvalue weighted by Gasteiger charge is 2.33. The molecule has 13 heteroatoms. The fraction of sp³-hybridized carbons (Fsp3) is 0.406. The predicted octanol–water partition coefficient (Wildman–Crippen LogP) is 3.03. The number of amides is 2. The van der Waals surface area contributed by atoms with Crippen molar-refractivity contribution in [3.8, 4) is 17.2 Å². The van der Waals surface area contributed by atoms with Crippen LogP contribution in [0.1, 0.15) is 23.2 Å². The molecule has 1 N–H and O–H groups in total. The topological polar surface area (TPSA) is 122 Å². The maximum atomic E-state index is 13.5. The first-order valence-corrected chi connectivity index (χ1v) is 15.3. The molecule has 1 aromatic heterocycles. The third-order valence-electron chi connectivity index (χ3n) is 8.09. The van der Waals surface area contributed by atoms with Crippen LogP contribution in [0.3, 0.4) is 0 Å². The Morgan fingerprint density at radius 3 is 2.71 bits per heavy atom. The van der Waals surface area contributed by atoms with E-state index in [0.717, 1.165) is 22.6 Å². The van der Waals surface area contributed by atoms with Gasteiger partial charge in [-0.3, -0.25) is 14.6 Å². The lowest BCUT2D eigenvalue weighted by atomic mass is 10.1. The highest BCUT2D eigenvalue weighted by Crippen LogP contribution is 2.33. The maximum absolute atomic E-state index is 13.5. The Morgan fingerprint density at radius 2 is 1.91 bits per heavy atom. The zero-order valence-corrected chi connectivity index (χ0v) is 26.1. The van der Waals surface area contributed by atoms with Gasteiger partial charge in [-0.15, -0.1) is 0 Å². The number of hydrogen-bond donors (Lipinski definition) is 1. The number of rotatable bonds is 10. The molecule has 1 saturated heterocycles. The van der Waals surface area contributed by atoms with Crippen LogP contribution in [0.4, 0.5) is 11.8 Å². The van der Waals surface area contributed by atoms with Gasteiger partial charge in [0, 0.05) is 50.6 Å². The smallest absolute Gasteiger partial charge is 0.231 e. The van der Waals surface area contributed by atoms with Crippen LogP contribution in [0.2, 0.25) is 5.02 Å². The number of aryl methyl sites for hydroxylation is 1. The van der Waals surface area contributed by atoms with Gasteiger partial charge < -0.3 is 34.2 Å². The van der Waals surface area contributed by atoms with Crippen LogP contribution in [0, 0.1) is 6.92 Å². The standard InChI is InChI=1S/C32H36ClN7O5/c1-21-13-29(37-32(36-21)39-10-9-34-19-39)40-12-11-38(31(42)16-23-4-6-27-28(15-23)45-20-44-27)18-24(40)17-30(41)35-8-7-22-3-5-26(43-2)25(33)14-22/h3-6,9,13-15,24H,7-8,10-12,16-20H2,1-2H3,(H,35,41). The van der Waals surface area contributed by atoms with Gasteiger partial charge in [-0.1, -0.05) is 23.7 Å². The lowest BCUT2D eigenvalue weighted by Crippen LogP contribution is -2.56. The molecule has 1 fully saturated rings. The molecular formula is C32H36ClN7O5. The first-order chi connectivity index (χ1) is 21.9. The van der Waals surface area contributed by atoms with Crippen LogP contribution in [0.5, 0.6) is 17.2 Å². The summed E-state index contributed by atoms with van der Waals surface area (Å²) >= 11 is 6.27. The molecule has 0 radical (unpaired) electrons. The number of methoxy groups -OCH3 is 1. The lowest BCUT2D eigenvalue weighted by Gasteiger charge is -2.42. The Balaban J connectivity index is 1.15. The van der Waals surface area contributed by atoms with Crippen molar-refractivity contribution in [2.75, 3.05) is 63.1 Å². The number of ether oxygens (including phenoxy) is 3. The summed E-state index contributed by atoms with van der Waals surface area (Å²) in [6.07, 6.45) is 2.90. The van der Waals surface area contributed by atoms with Crippen molar-refractivity contribution in [2.45, 2.75) is 32.2 Å². The zero-order chi connectivity index (χ0) is 31.3. The quantitative estimate of drug-likeness (QED) is 0.359. The average molecular weight is 634 g/mol. The monoisotopic (exact) mass is 633 g/mol. The second-order valence-electron chi connectivity index (χ2n) is 11.2. The molecule has 1 unspecified atom stereocenters. The molecular weight excluding hydrogens is 598 g/mol. The van der Waals surface area contributed by atoms with Crippen molar-refractivity contribution in [1.29, 1.82) is 0 Å². The minimum atomic E-state index is -0.285. The normalized spacial score (nSPS) is 17.1. The van der Waals surface area contributed by atoms with Crippen LogP contribution in [-0.4, -0.2) is 92.2 Å². The second-order valence-corrected chi connectivity index (χ2v) is 11.6. The van der Waals surface area contributed by atoms with E-state index in [-0.39, 0.29) is 37.5 Å². The number of fused-ring (bicyclic) bond motifs is 1. The summed E-state index contributed by atoms with van der Waals surface area (Å²) < 4.78 is 16.1. The summed E-state index contributed by atoms with van der Waals surface area (Å²) in [4.78, 5) is 46.5. The van der Waals surface area contributed by atoms with Gasteiger partial charge in [-0.25, -0.2) is 4.98 Å². The van der Waals surface area contributed by atoms with Crippen LogP contribution in [-0.2, 0) is 22.4 Å². The molecule has 0 aliphatic carbocycles. The van der Waals surface area contributed by atoms with Gasteiger partial charge in [0.2, 0.25) is 24.6 Å². The number of anilines is 2. The first kappa shape index (κ1) is 30.4. The fourth-order valence-electron chi connectivity index (χ4n) is 5.73. The van der Waals surface area contributed by atoms with E-state index in [4.69, 9.17) is 30.8 Å². The molecule has 3 aromatic rings. The fourth-order valence-corrected chi connectivity index (χ4v) is 6.01. The molecule has 236 valence electrons.